The molecule has 0 saturated carbocycles. The minimum atomic E-state index is -1.19. The molecule has 3 aromatic rings. The minimum absolute atomic E-state index is 0.0133. The SMILES string of the molecule is NC(=O)C[C@@]12CO[C@@H]([C@H](n3cnc4c(NCc5cccc(Cl)c5)nc(Cl)nc43)O1)[C@@H]2O. The summed E-state index contributed by atoms with van der Waals surface area (Å²) >= 11 is 12.2. The van der Waals surface area contributed by atoms with E-state index in [1.165, 1.54) is 6.33 Å². The molecule has 0 radical (unpaired) electrons. The molecule has 5 rings (SSSR count). The molecule has 0 unspecified atom stereocenters. The number of nitrogens with zero attached hydrogens (tertiary/aromatic N) is 4. The molecule has 0 spiro atoms. The molecule has 2 fully saturated rings. The van der Waals surface area contributed by atoms with Gasteiger partial charge in [-0.2, -0.15) is 9.97 Å². The van der Waals surface area contributed by atoms with Crippen LogP contribution in [0.1, 0.15) is 18.2 Å². The van der Waals surface area contributed by atoms with Crippen molar-refractivity contribution in [2.45, 2.75) is 37.0 Å². The summed E-state index contributed by atoms with van der Waals surface area (Å²) in [6, 6.07) is 7.42. The number of primary amides is 1. The molecule has 4 atom stereocenters. The van der Waals surface area contributed by atoms with Gasteiger partial charge in [0.1, 0.15) is 17.8 Å². The first-order chi connectivity index (χ1) is 14.9. The Morgan fingerprint density at radius 3 is 3.00 bits per heavy atom. The Labute approximate surface area is 186 Å². The molecule has 2 aromatic heterocycles. The number of amides is 1. The lowest BCUT2D eigenvalue weighted by atomic mass is 9.95. The fourth-order valence-corrected chi connectivity index (χ4v) is 4.48. The van der Waals surface area contributed by atoms with Crippen molar-refractivity contribution in [3.05, 3.63) is 46.5 Å². The highest BCUT2D eigenvalue weighted by Crippen LogP contribution is 2.47. The van der Waals surface area contributed by atoms with Crippen molar-refractivity contribution in [1.82, 2.24) is 19.5 Å². The number of benzene rings is 1. The number of ether oxygens (including phenoxy) is 2. The van der Waals surface area contributed by atoms with E-state index >= 15 is 0 Å². The van der Waals surface area contributed by atoms with Gasteiger partial charge in [-0.3, -0.25) is 9.36 Å². The van der Waals surface area contributed by atoms with Crippen LogP contribution in [0, 0.1) is 0 Å². The molecule has 0 aliphatic carbocycles. The summed E-state index contributed by atoms with van der Waals surface area (Å²) in [6.07, 6.45) is -1.11. The number of nitrogens with one attached hydrogen (secondary N) is 1. The first-order valence-electron chi connectivity index (χ1n) is 9.50. The average molecular weight is 465 g/mol. The van der Waals surface area contributed by atoms with Crippen molar-refractivity contribution >= 4 is 46.1 Å². The van der Waals surface area contributed by atoms with Crippen LogP contribution in [0.15, 0.2) is 30.6 Å². The Hall–Kier alpha value is -2.50. The molecule has 2 aliphatic heterocycles. The van der Waals surface area contributed by atoms with Gasteiger partial charge >= 0.3 is 0 Å². The number of hydrogen-bond donors (Lipinski definition) is 3. The summed E-state index contributed by atoms with van der Waals surface area (Å²) in [5.41, 5.74) is 5.97. The first-order valence-corrected chi connectivity index (χ1v) is 10.3. The molecular weight excluding hydrogens is 447 g/mol. The molecule has 10 nitrogen and oxygen atoms in total. The van der Waals surface area contributed by atoms with E-state index in [0.717, 1.165) is 5.56 Å². The highest BCUT2D eigenvalue weighted by Gasteiger charge is 2.62. The van der Waals surface area contributed by atoms with Crippen molar-refractivity contribution < 1.29 is 19.4 Å². The van der Waals surface area contributed by atoms with E-state index in [9.17, 15) is 9.90 Å². The molecule has 2 aliphatic rings. The monoisotopic (exact) mass is 464 g/mol. The number of nitrogens with two attached hydrogens (primary N) is 1. The molecule has 4 N–H and O–H groups in total. The second kappa shape index (κ2) is 7.57. The van der Waals surface area contributed by atoms with Crippen molar-refractivity contribution in [3.63, 3.8) is 0 Å². The predicted molar refractivity (Wildman–Crippen MR) is 112 cm³/mol. The number of aliphatic hydroxyl groups is 1. The van der Waals surface area contributed by atoms with Crippen LogP contribution in [0.3, 0.4) is 0 Å². The van der Waals surface area contributed by atoms with E-state index in [1.54, 1.807) is 10.6 Å². The highest BCUT2D eigenvalue weighted by molar-refractivity contribution is 6.30. The number of carbonyl (C=O) groups is 1. The number of carbonyl (C=O) groups excluding carboxylic acids is 1. The first kappa shape index (κ1) is 20.4. The summed E-state index contributed by atoms with van der Waals surface area (Å²) in [5, 5.41) is 14.5. The summed E-state index contributed by atoms with van der Waals surface area (Å²) < 4.78 is 13.4. The lowest BCUT2D eigenvalue weighted by molar-refractivity contribution is -0.177. The number of fused-ring (bicyclic) bond motifs is 3. The van der Waals surface area contributed by atoms with Crippen molar-refractivity contribution in [2.75, 3.05) is 11.9 Å². The average Bonchev–Trinajstić information content (AvgIpc) is 3.34. The van der Waals surface area contributed by atoms with Crippen LogP contribution >= 0.6 is 23.2 Å². The standard InChI is InChI=1S/C19H18Cl2N6O4/c20-10-3-1-2-9(4-10)6-23-15-12-16(26-18(21)25-15)27(8-24-12)17-13-14(29)19(31-17,7-30-13)5-11(22)28/h1-4,8,13-14,17,29H,5-7H2,(H2,22,28)(H,23,25,26)/t13-,14+,17-,19+/m1/s1. The molecule has 4 heterocycles. The van der Waals surface area contributed by atoms with Crippen LogP contribution in [0.2, 0.25) is 10.3 Å². The summed E-state index contributed by atoms with van der Waals surface area (Å²) in [6.45, 7) is 0.523. The minimum Gasteiger partial charge on any atom is -0.387 e. The van der Waals surface area contributed by atoms with Crippen LogP contribution < -0.4 is 11.1 Å². The molecule has 2 bridgehead atoms. The van der Waals surface area contributed by atoms with Crippen molar-refractivity contribution in [2.24, 2.45) is 5.73 Å². The third kappa shape index (κ3) is 3.50. The third-order valence-electron chi connectivity index (χ3n) is 5.50. The van der Waals surface area contributed by atoms with Crippen LogP contribution in [0.25, 0.3) is 11.2 Å². The fourth-order valence-electron chi connectivity index (χ4n) is 4.10. The number of aromatic nitrogens is 4. The van der Waals surface area contributed by atoms with Crippen LogP contribution in [-0.2, 0) is 20.8 Å². The van der Waals surface area contributed by atoms with Gasteiger partial charge in [0.05, 0.1) is 19.4 Å². The Morgan fingerprint density at radius 2 is 2.23 bits per heavy atom. The molecule has 162 valence electrons. The van der Waals surface area contributed by atoms with Crippen LogP contribution in [0.4, 0.5) is 5.82 Å². The predicted octanol–water partition coefficient (Wildman–Crippen LogP) is 1.65. The maximum absolute atomic E-state index is 11.5. The van der Waals surface area contributed by atoms with Gasteiger partial charge < -0.3 is 25.6 Å². The number of halogens is 2. The summed E-state index contributed by atoms with van der Waals surface area (Å²) in [5.74, 6) is -0.150. The van der Waals surface area contributed by atoms with Gasteiger partial charge in [-0.05, 0) is 29.3 Å². The molecule has 12 heteroatoms. The van der Waals surface area contributed by atoms with Gasteiger partial charge in [0.25, 0.3) is 0 Å². The Kier molecular flexibility index (Phi) is 4.98. The van der Waals surface area contributed by atoms with E-state index in [-0.39, 0.29) is 18.3 Å². The Balaban J connectivity index is 1.46. The number of rotatable bonds is 6. The maximum atomic E-state index is 11.5. The number of aliphatic hydroxyl groups excluding tert-OH is 1. The largest absolute Gasteiger partial charge is 0.387 e. The molecular formula is C19H18Cl2N6O4. The third-order valence-corrected chi connectivity index (χ3v) is 5.90. The summed E-state index contributed by atoms with van der Waals surface area (Å²) in [4.78, 5) is 24.4. The van der Waals surface area contributed by atoms with E-state index in [1.807, 2.05) is 18.2 Å². The van der Waals surface area contributed by atoms with E-state index in [0.29, 0.717) is 28.5 Å². The lowest BCUT2D eigenvalue weighted by Gasteiger charge is -2.30. The zero-order valence-electron chi connectivity index (χ0n) is 16.0. The smallest absolute Gasteiger partial charge is 0.226 e. The zero-order valence-corrected chi connectivity index (χ0v) is 17.5. The van der Waals surface area contributed by atoms with Gasteiger partial charge in [0.15, 0.2) is 23.2 Å². The number of anilines is 1. The molecule has 1 amide bonds. The van der Waals surface area contributed by atoms with Crippen LogP contribution in [0.5, 0.6) is 0 Å². The van der Waals surface area contributed by atoms with E-state index in [2.05, 4.69) is 20.3 Å². The number of imidazole rings is 1. The Morgan fingerprint density at radius 1 is 1.39 bits per heavy atom. The van der Waals surface area contributed by atoms with Gasteiger partial charge in [0, 0.05) is 11.6 Å². The summed E-state index contributed by atoms with van der Waals surface area (Å²) in [7, 11) is 0. The fraction of sp³-hybridized carbons (Fsp3) is 0.368. The second-order valence-corrected chi connectivity index (χ2v) is 8.36. The quantitative estimate of drug-likeness (QED) is 0.468. The van der Waals surface area contributed by atoms with E-state index < -0.39 is 29.9 Å². The van der Waals surface area contributed by atoms with Gasteiger partial charge in [-0.25, -0.2) is 4.98 Å². The molecule has 31 heavy (non-hydrogen) atoms. The van der Waals surface area contributed by atoms with Gasteiger partial charge in [-0.15, -0.1) is 0 Å². The molecule has 2 saturated heterocycles. The van der Waals surface area contributed by atoms with Crippen molar-refractivity contribution in [3.8, 4) is 0 Å². The van der Waals surface area contributed by atoms with Gasteiger partial charge in [0.2, 0.25) is 11.2 Å². The molecule has 1 aromatic carbocycles. The van der Waals surface area contributed by atoms with Crippen LogP contribution in [-0.4, -0.2) is 54.9 Å². The topological polar surface area (TPSA) is 137 Å². The lowest BCUT2D eigenvalue weighted by Crippen LogP contribution is -2.44. The van der Waals surface area contributed by atoms with Gasteiger partial charge in [-0.1, -0.05) is 23.7 Å². The Bertz CT molecular complexity index is 1170. The highest BCUT2D eigenvalue weighted by atomic mass is 35.5. The maximum Gasteiger partial charge on any atom is 0.226 e. The number of hydrogen-bond acceptors (Lipinski definition) is 8. The van der Waals surface area contributed by atoms with E-state index in [4.69, 9.17) is 38.4 Å². The van der Waals surface area contributed by atoms with Crippen molar-refractivity contribution in [1.29, 1.82) is 0 Å². The zero-order chi connectivity index (χ0) is 21.8. The second-order valence-electron chi connectivity index (χ2n) is 7.59. The normalized spacial score (nSPS) is 27.1.